The first kappa shape index (κ1) is 20.4. The highest BCUT2D eigenvalue weighted by molar-refractivity contribution is 5.06. The quantitative estimate of drug-likeness (QED) is 0.369. The van der Waals surface area contributed by atoms with Gasteiger partial charge in [0, 0.05) is 0 Å². The number of rotatable bonds is 3. The van der Waals surface area contributed by atoms with Gasteiger partial charge in [-0.25, -0.2) is 0 Å². The van der Waals surface area contributed by atoms with Crippen molar-refractivity contribution in [2.75, 3.05) is 0 Å². The normalized spacial score (nSPS) is 32.1. The zero-order chi connectivity index (χ0) is 18.9. The molecule has 2 saturated carbocycles. The van der Waals surface area contributed by atoms with E-state index in [-0.39, 0.29) is 37.5 Å². The molecule has 144 valence electrons. The Hall–Kier alpha value is -0.900. The molecule has 0 radical (unpaired) electrons. The standard InChI is InChI=1S/C19H26F6/c1-3-6-14-8-5-10-16(12-14)17(18(20,21)22,19(23,24)25)15-9-4-7-13(2)11-15/h6,13-16H,1,4-5,7-12H2,2H3. The fraction of sp³-hybridized carbons (Fsp3) is 0.842. The molecule has 0 aromatic rings. The van der Waals surface area contributed by atoms with Crippen LogP contribution in [0.5, 0.6) is 0 Å². The van der Waals surface area contributed by atoms with Crippen LogP contribution in [0, 0.1) is 29.1 Å². The van der Waals surface area contributed by atoms with Gasteiger partial charge in [-0.1, -0.05) is 32.8 Å². The van der Waals surface area contributed by atoms with Crippen LogP contribution in [0.1, 0.15) is 58.3 Å². The summed E-state index contributed by atoms with van der Waals surface area (Å²) in [5.41, 5.74) is -1.06. The molecule has 0 bridgehead atoms. The Balaban J connectivity index is 2.52. The summed E-state index contributed by atoms with van der Waals surface area (Å²) in [6.07, 6.45) is -7.05. The summed E-state index contributed by atoms with van der Waals surface area (Å²) in [4.78, 5) is 0. The van der Waals surface area contributed by atoms with Gasteiger partial charge in [0.1, 0.15) is 0 Å². The van der Waals surface area contributed by atoms with Gasteiger partial charge in [-0.15, -0.1) is 5.73 Å². The minimum absolute atomic E-state index is 0.00181. The molecule has 4 atom stereocenters. The third-order valence-electron chi connectivity index (χ3n) is 6.23. The molecule has 0 N–H and O–H groups in total. The second-order valence-corrected chi connectivity index (χ2v) is 7.83. The number of halogens is 6. The van der Waals surface area contributed by atoms with E-state index in [4.69, 9.17) is 0 Å². The van der Waals surface area contributed by atoms with Crippen LogP contribution >= 0.6 is 0 Å². The second kappa shape index (κ2) is 7.38. The summed E-state index contributed by atoms with van der Waals surface area (Å²) in [5.74, 6) is -3.21. The summed E-state index contributed by atoms with van der Waals surface area (Å²) in [6.45, 7) is 5.17. The molecule has 25 heavy (non-hydrogen) atoms. The number of allylic oxidation sites excluding steroid dienone is 1. The van der Waals surface area contributed by atoms with E-state index in [1.165, 1.54) is 6.08 Å². The third-order valence-corrected chi connectivity index (χ3v) is 6.23. The maximum atomic E-state index is 14.1. The molecule has 2 rings (SSSR count). The average Bonchev–Trinajstić information content (AvgIpc) is 2.45. The molecule has 0 aliphatic heterocycles. The van der Waals surface area contributed by atoms with Crippen LogP contribution < -0.4 is 0 Å². The molecule has 0 amide bonds. The van der Waals surface area contributed by atoms with E-state index in [1.807, 2.05) is 0 Å². The molecule has 6 heteroatoms. The van der Waals surface area contributed by atoms with Crippen molar-refractivity contribution in [3.05, 3.63) is 18.4 Å². The number of alkyl halides is 6. The Bertz CT molecular complexity index is 483. The van der Waals surface area contributed by atoms with Crippen molar-refractivity contribution in [2.24, 2.45) is 29.1 Å². The summed E-state index contributed by atoms with van der Waals surface area (Å²) in [6, 6.07) is 0. The van der Waals surface area contributed by atoms with Crippen molar-refractivity contribution in [3.8, 4) is 0 Å². The molecule has 0 saturated heterocycles. The van der Waals surface area contributed by atoms with Crippen LogP contribution in [0.3, 0.4) is 0 Å². The van der Waals surface area contributed by atoms with E-state index in [1.54, 1.807) is 6.92 Å². The van der Waals surface area contributed by atoms with Crippen LogP contribution in [0.15, 0.2) is 18.4 Å². The lowest BCUT2D eigenvalue weighted by Crippen LogP contribution is -2.60. The maximum Gasteiger partial charge on any atom is 0.403 e. The summed E-state index contributed by atoms with van der Waals surface area (Å²) in [5, 5.41) is 0. The van der Waals surface area contributed by atoms with Crippen LogP contribution in [0.4, 0.5) is 26.3 Å². The summed E-state index contributed by atoms with van der Waals surface area (Å²) in [7, 11) is 0. The van der Waals surface area contributed by atoms with Crippen LogP contribution in [-0.2, 0) is 0 Å². The molecule has 0 spiro atoms. The summed E-state index contributed by atoms with van der Waals surface area (Å²) < 4.78 is 84.7. The predicted octanol–water partition coefficient (Wildman–Crippen LogP) is 7.07. The monoisotopic (exact) mass is 368 g/mol. The Morgan fingerprint density at radius 3 is 1.84 bits per heavy atom. The van der Waals surface area contributed by atoms with Crippen molar-refractivity contribution >= 4 is 0 Å². The van der Waals surface area contributed by atoms with E-state index < -0.39 is 29.6 Å². The molecule has 0 aromatic carbocycles. The van der Waals surface area contributed by atoms with Crippen molar-refractivity contribution in [1.29, 1.82) is 0 Å². The minimum Gasteiger partial charge on any atom is -0.170 e. The molecule has 2 fully saturated rings. The molecule has 0 nitrogen and oxygen atoms in total. The minimum atomic E-state index is -5.29. The zero-order valence-corrected chi connectivity index (χ0v) is 14.5. The van der Waals surface area contributed by atoms with E-state index in [9.17, 15) is 26.3 Å². The molecular weight excluding hydrogens is 342 g/mol. The van der Waals surface area contributed by atoms with Crippen molar-refractivity contribution in [1.82, 2.24) is 0 Å². The Kier molecular flexibility index (Phi) is 6.03. The Morgan fingerprint density at radius 1 is 0.840 bits per heavy atom. The molecule has 0 aromatic heterocycles. The van der Waals surface area contributed by atoms with E-state index >= 15 is 0 Å². The first-order valence-electron chi connectivity index (χ1n) is 9.03. The molecule has 2 aliphatic carbocycles. The predicted molar refractivity (Wildman–Crippen MR) is 84.8 cm³/mol. The van der Waals surface area contributed by atoms with Gasteiger partial charge >= 0.3 is 12.4 Å². The lowest BCUT2D eigenvalue weighted by Gasteiger charge is -2.51. The average molecular weight is 368 g/mol. The molecule has 4 unspecified atom stereocenters. The maximum absolute atomic E-state index is 14.1. The van der Waals surface area contributed by atoms with E-state index in [0.29, 0.717) is 25.7 Å². The van der Waals surface area contributed by atoms with Crippen molar-refractivity contribution in [2.45, 2.75) is 70.6 Å². The van der Waals surface area contributed by atoms with Gasteiger partial charge < -0.3 is 0 Å². The highest BCUT2D eigenvalue weighted by Crippen LogP contribution is 2.65. The van der Waals surface area contributed by atoms with Crippen molar-refractivity contribution in [3.63, 3.8) is 0 Å². The van der Waals surface area contributed by atoms with Crippen LogP contribution in [0.2, 0.25) is 0 Å². The highest BCUT2D eigenvalue weighted by Gasteiger charge is 2.76. The molecular formula is C19H26F6. The van der Waals surface area contributed by atoms with Gasteiger partial charge in [0.2, 0.25) is 0 Å². The Morgan fingerprint density at radius 2 is 1.36 bits per heavy atom. The highest BCUT2D eigenvalue weighted by atomic mass is 19.4. The first-order valence-corrected chi connectivity index (χ1v) is 9.03. The SMILES string of the molecule is C=C=CC1CCCC(C(C2CCCC(C)C2)(C(F)(F)F)C(F)(F)F)C1. The zero-order valence-electron chi connectivity index (χ0n) is 14.5. The van der Waals surface area contributed by atoms with Gasteiger partial charge in [0.15, 0.2) is 5.41 Å². The first-order chi connectivity index (χ1) is 11.5. The van der Waals surface area contributed by atoms with Gasteiger partial charge in [-0.2, -0.15) is 26.3 Å². The number of hydrogen-bond donors (Lipinski definition) is 0. The lowest BCUT2D eigenvalue weighted by atomic mass is 9.55. The van der Waals surface area contributed by atoms with E-state index in [2.05, 4.69) is 12.3 Å². The van der Waals surface area contributed by atoms with Crippen molar-refractivity contribution < 1.29 is 26.3 Å². The second-order valence-electron chi connectivity index (χ2n) is 7.83. The van der Waals surface area contributed by atoms with E-state index in [0.717, 1.165) is 0 Å². The molecule has 2 aliphatic rings. The smallest absolute Gasteiger partial charge is 0.170 e. The van der Waals surface area contributed by atoms with Gasteiger partial charge in [-0.3, -0.25) is 0 Å². The van der Waals surface area contributed by atoms with Gasteiger partial charge in [-0.05, 0) is 61.9 Å². The molecule has 0 heterocycles. The van der Waals surface area contributed by atoms with Crippen LogP contribution in [0.25, 0.3) is 0 Å². The van der Waals surface area contributed by atoms with Crippen LogP contribution in [-0.4, -0.2) is 12.4 Å². The Labute approximate surface area is 145 Å². The summed E-state index contributed by atoms with van der Waals surface area (Å²) >= 11 is 0. The van der Waals surface area contributed by atoms with Gasteiger partial charge in [0.25, 0.3) is 0 Å². The largest absolute Gasteiger partial charge is 0.403 e. The lowest BCUT2D eigenvalue weighted by molar-refractivity contribution is -0.382. The topological polar surface area (TPSA) is 0 Å². The fourth-order valence-electron chi connectivity index (χ4n) is 5.23. The third kappa shape index (κ3) is 3.79. The fourth-order valence-corrected chi connectivity index (χ4v) is 5.23. The number of hydrogen-bond acceptors (Lipinski definition) is 0. The van der Waals surface area contributed by atoms with Gasteiger partial charge in [0.05, 0.1) is 0 Å².